The molecule has 0 aliphatic carbocycles. The SMILES string of the molecule is CCN1C[C@@H](c2ccccc2)CC2(CCN(C(=O)c3cc(C)no3)CC2)C1. The summed E-state index contributed by atoms with van der Waals surface area (Å²) in [5, 5.41) is 3.85. The molecule has 0 N–H and O–H groups in total. The lowest BCUT2D eigenvalue weighted by Crippen LogP contribution is -2.52. The zero-order valence-electron chi connectivity index (χ0n) is 16.4. The van der Waals surface area contributed by atoms with Crippen LogP contribution >= 0.6 is 0 Å². The summed E-state index contributed by atoms with van der Waals surface area (Å²) in [6, 6.07) is 12.7. The van der Waals surface area contributed by atoms with Crippen molar-refractivity contribution in [1.82, 2.24) is 15.0 Å². The van der Waals surface area contributed by atoms with Crippen LogP contribution in [0.2, 0.25) is 0 Å². The fourth-order valence-electron chi connectivity index (χ4n) is 4.86. The molecule has 0 saturated carbocycles. The average molecular weight is 367 g/mol. The molecule has 1 aromatic carbocycles. The summed E-state index contributed by atoms with van der Waals surface area (Å²) < 4.78 is 5.18. The molecule has 1 atom stereocenters. The smallest absolute Gasteiger partial charge is 0.292 e. The van der Waals surface area contributed by atoms with E-state index in [1.54, 1.807) is 6.07 Å². The third kappa shape index (κ3) is 3.79. The summed E-state index contributed by atoms with van der Waals surface area (Å²) >= 11 is 0. The number of carbonyl (C=O) groups excluding carboxylic acids is 1. The largest absolute Gasteiger partial charge is 0.351 e. The normalized spacial score (nSPS) is 22.9. The standard InChI is InChI=1S/C22H29N3O2/c1-3-24-15-19(18-7-5-4-6-8-18)14-22(16-24)9-11-25(12-10-22)21(26)20-13-17(2)23-27-20/h4-8,13,19H,3,9-12,14-16H2,1-2H3/t19-/m0/s1. The van der Waals surface area contributed by atoms with E-state index in [1.165, 1.54) is 12.0 Å². The summed E-state index contributed by atoms with van der Waals surface area (Å²) in [6.07, 6.45) is 3.34. The number of carbonyl (C=O) groups is 1. The van der Waals surface area contributed by atoms with Crippen molar-refractivity contribution in [2.24, 2.45) is 5.41 Å². The van der Waals surface area contributed by atoms with Gasteiger partial charge < -0.3 is 14.3 Å². The molecule has 2 aliphatic rings. The maximum atomic E-state index is 12.7. The Hall–Kier alpha value is -2.14. The number of aryl methyl sites for hydroxylation is 1. The lowest BCUT2D eigenvalue weighted by Gasteiger charge is -2.50. The highest BCUT2D eigenvalue weighted by Crippen LogP contribution is 2.45. The molecule has 1 amide bonds. The third-order valence-electron chi connectivity index (χ3n) is 6.39. The van der Waals surface area contributed by atoms with Crippen molar-refractivity contribution in [2.75, 3.05) is 32.7 Å². The molecule has 0 bridgehead atoms. The molecule has 2 aliphatic heterocycles. The fraction of sp³-hybridized carbons (Fsp3) is 0.545. The number of piperidine rings is 2. The van der Waals surface area contributed by atoms with Gasteiger partial charge in [0.15, 0.2) is 0 Å². The maximum Gasteiger partial charge on any atom is 0.292 e. The molecule has 1 spiro atoms. The van der Waals surface area contributed by atoms with Gasteiger partial charge in [0.1, 0.15) is 0 Å². The Morgan fingerprint density at radius 1 is 1.26 bits per heavy atom. The Balaban J connectivity index is 1.46. The Morgan fingerprint density at radius 2 is 2.00 bits per heavy atom. The minimum atomic E-state index is -0.0202. The van der Waals surface area contributed by atoms with Gasteiger partial charge in [0.05, 0.1) is 5.69 Å². The molecule has 2 saturated heterocycles. The van der Waals surface area contributed by atoms with Gasteiger partial charge in [-0.3, -0.25) is 4.79 Å². The summed E-state index contributed by atoms with van der Waals surface area (Å²) in [7, 11) is 0. The van der Waals surface area contributed by atoms with E-state index in [1.807, 2.05) is 11.8 Å². The number of nitrogens with zero attached hydrogens (tertiary/aromatic N) is 3. The van der Waals surface area contributed by atoms with Crippen molar-refractivity contribution in [1.29, 1.82) is 0 Å². The highest BCUT2D eigenvalue weighted by atomic mass is 16.5. The minimum Gasteiger partial charge on any atom is -0.351 e. The molecule has 1 aromatic heterocycles. The highest BCUT2D eigenvalue weighted by Gasteiger charge is 2.42. The van der Waals surface area contributed by atoms with Gasteiger partial charge >= 0.3 is 0 Å². The van der Waals surface area contributed by atoms with Crippen LogP contribution < -0.4 is 0 Å². The summed E-state index contributed by atoms with van der Waals surface area (Å²) in [5.74, 6) is 0.928. The number of amides is 1. The monoisotopic (exact) mass is 367 g/mol. The van der Waals surface area contributed by atoms with Crippen LogP contribution in [0.25, 0.3) is 0 Å². The van der Waals surface area contributed by atoms with Crippen molar-refractivity contribution in [3.05, 3.63) is 53.4 Å². The molecule has 3 heterocycles. The first kappa shape index (κ1) is 18.2. The highest BCUT2D eigenvalue weighted by molar-refractivity contribution is 5.91. The second-order valence-electron chi connectivity index (χ2n) is 8.26. The molecule has 144 valence electrons. The maximum absolute atomic E-state index is 12.7. The van der Waals surface area contributed by atoms with Crippen LogP contribution in [-0.4, -0.2) is 53.6 Å². The lowest BCUT2D eigenvalue weighted by atomic mass is 9.68. The minimum absolute atomic E-state index is 0.0202. The topological polar surface area (TPSA) is 49.6 Å². The number of likely N-dealkylation sites (N-methyl/N-ethyl adjacent to an activating group) is 1. The average Bonchev–Trinajstić information content (AvgIpc) is 3.15. The molecule has 27 heavy (non-hydrogen) atoms. The van der Waals surface area contributed by atoms with E-state index in [2.05, 4.69) is 47.3 Å². The van der Waals surface area contributed by atoms with E-state index in [9.17, 15) is 4.79 Å². The van der Waals surface area contributed by atoms with E-state index in [-0.39, 0.29) is 5.91 Å². The van der Waals surface area contributed by atoms with Gasteiger partial charge in [0.25, 0.3) is 5.91 Å². The lowest BCUT2D eigenvalue weighted by molar-refractivity contribution is 0.0144. The van der Waals surface area contributed by atoms with E-state index in [4.69, 9.17) is 4.52 Å². The predicted octanol–water partition coefficient (Wildman–Crippen LogP) is 3.71. The van der Waals surface area contributed by atoms with E-state index in [0.29, 0.717) is 17.1 Å². The van der Waals surface area contributed by atoms with Crippen molar-refractivity contribution in [3.63, 3.8) is 0 Å². The first-order valence-corrected chi connectivity index (χ1v) is 10.1. The summed E-state index contributed by atoms with van der Waals surface area (Å²) in [4.78, 5) is 17.2. The number of likely N-dealkylation sites (tertiary alicyclic amines) is 2. The molecule has 0 radical (unpaired) electrons. The molecule has 0 unspecified atom stereocenters. The molecular weight excluding hydrogens is 338 g/mol. The van der Waals surface area contributed by atoms with Gasteiger partial charge in [-0.25, -0.2) is 0 Å². The van der Waals surface area contributed by atoms with Crippen molar-refractivity contribution in [3.8, 4) is 0 Å². The van der Waals surface area contributed by atoms with Crippen LogP contribution in [0, 0.1) is 12.3 Å². The van der Waals surface area contributed by atoms with Gasteiger partial charge in [0, 0.05) is 32.2 Å². The molecule has 2 fully saturated rings. The van der Waals surface area contributed by atoms with Gasteiger partial charge in [0.2, 0.25) is 5.76 Å². The molecule has 4 rings (SSSR count). The molecule has 5 heteroatoms. The van der Waals surface area contributed by atoms with Crippen LogP contribution in [0.5, 0.6) is 0 Å². The van der Waals surface area contributed by atoms with E-state index >= 15 is 0 Å². The number of hydrogen-bond acceptors (Lipinski definition) is 4. The van der Waals surface area contributed by atoms with Gasteiger partial charge in [-0.2, -0.15) is 0 Å². The van der Waals surface area contributed by atoms with E-state index in [0.717, 1.165) is 51.3 Å². The van der Waals surface area contributed by atoms with Gasteiger partial charge in [-0.05, 0) is 49.6 Å². The number of benzene rings is 1. The Bertz CT molecular complexity index is 778. The number of aromatic nitrogens is 1. The fourth-order valence-corrected chi connectivity index (χ4v) is 4.86. The van der Waals surface area contributed by atoms with Crippen LogP contribution in [0.15, 0.2) is 40.9 Å². The van der Waals surface area contributed by atoms with Crippen molar-refractivity contribution in [2.45, 2.75) is 39.0 Å². The van der Waals surface area contributed by atoms with Crippen LogP contribution in [0.4, 0.5) is 0 Å². The second kappa shape index (κ2) is 7.47. The Morgan fingerprint density at radius 3 is 2.63 bits per heavy atom. The van der Waals surface area contributed by atoms with Gasteiger partial charge in [-0.15, -0.1) is 0 Å². The van der Waals surface area contributed by atoms with E-state index < -0.39 is 0 Å². The Kier molecular flexibility index (Phi) is 5.04. The zero-order chi connectivity index (χ0) is 18.9. The summed E-state index contributed by atoms with van der Waals surface area (Å²) in [5.41, 5.74) is 2.51. The molecule has 2 aromatic rings. The quantitative estimate of drug-likeness (QED) is 0.830. The van der Waals surface area contributed by atoms with Crippen LogP contribution in [0.1, 0.15) is 53.9 Å². The summed E-state index contributed by atoms with van der Waals surface area (Å²) in [6.45, 7) is 9.08. The van der Waals surface area contributed by atoms with Crippen molar-refractivity contribution >= 4 is 5.91 Å². The molecule has 5 nitrogen and oxygen atoms in total. The first-order chi connectivity index (χ1) is 13.1. The Labute approximate surface area is 161 Å². The zero-order valence-corrected chi connectivity index (χ0v) is 16.4. The first-order valence-electron chi connectivity index (χ1n) is 10.1. The number of hydrogen-bond donors (Lipinski definition) is 0. The predicted molar refractivity (Wildman–Crippen MR) is 105 cm³/mol. The van der Waals surface area contributed by atoms with Gasteiger partial charge in [-0.1, -0.05) is 42.4 Å². The van der Waals surface area contributed by atoms with Crippen molar-refractivity contribution < 1.29 is 9.32 Å². The van der Waals surface area contributed by atoms with Crippen LogP contribution in [-0.2, 0) is 0 Å². The third-order valence-corrected chi connectivity index (χ3v) is 6.39. The van der Waals surface area contributed by atoms with Crippen LogP contribution in [0.3, 0.4) is 0 Å². The second-order valence-corrected chi connectivity index (χ2v) is 8.26. The molecular formula is C22H29N3O2. The number of rotatable bonds is 3.